The van der Waals surface area contributed by atoms with Gasteiger partial charge in [-0.05, 0) is 158 Å². The highest BCUT2D eigenvalue weighted by Crippen LogP contribution is 2.47. The van der Waals surface area contributed by atoms with Crippen LogP contribution in [0.4, 0.5) is 5.69 Å². The average molecular weight is 930 g/mol. The SMILES string of the molecule is CC(C)(C)OC(=O)CC[C@@H](C(N)=O)N1Cc2cc(-c3ccc([N+](=O)[O-])c(OCCCCCOc4ccc([C@@H]5c6ccc(OCc7ccccc7)cc6CC[C@@H]5c5ccccc5)cc4)c3)ccc2C1=O. The molecule has 6 aromatic rings. The number of carbonyl (C=O) groups is 3. The van der Waals surface area contributed by atoms with Gasteiger partial charge in [0.05, 0.1) is 18.1 Å². The van der Waals surface area contributed by atoms with Gasteiger partial charge in [0.15, 0.2) is 5.75 Å². The maximum absolute atomic E-state index is 13.4. The number of fused-ring (bicyclic) bond motifs is 2. The number of hydrogen-bond acceptors (Lipinski definition) is 9. The molecular weight excluding hydrogens is 871 g/mol. The number of nitro groups is 1. The molecule has 0 aromatic heterocycles. The van der Waals surface area contributed by atoms with E-state index in [0.717, 1.165) is 48.3 Å². The standard InChI is InChI=1S/C57H59N3O9/c1-57(2,3)69-53(61)30-29-51(55(58)62)59-36-44-33-41(19-26-49(44)56(59)63)42-21-28-50(60(64)65)52(35-42)67-32-12-6-11-31-66-45-22-17-40(18-23-45)54-47(39-15-9-5-10-16-39)25-20-43-34-46(24-27-48(43)54)68-37-38-13-7-4-8-14-38/h4-5,7-10,13-19,21-24,26-28,33-35,47,51,54H,6,11-12,20,25,29-32,36-37H2,1-3H3,(H2,58,62)/t47-,51+,54+/m1/s1. The molecular formula is C57H59N3O9. The first kappa shape index (κ1) is 48.0. The Balaban J connectivity index is 0.844. The zero-order valence-electron chi connectivity index (χ0n) is 39.4. The molecule has 1 heterocycles. The zero-order valence-corrected chi connectivity index (χ0v) is 39.4. The van der Waals surface area contributed by atoms with Gasteiger partial charge in [0.2, 0.25) is 5.91 Å². The summed E-state index contributed by atoms with van der Waals surface area (Å²) in [4.78, 5) is 51.2. The second-order valence-electron chi connectivity index (χ2n) is 18.8. The lowest BCUT2D eigenvalue weighted by Crippen LogP contribution is -2.45. The highest BCUT2D eigenvalue weighted by molar-refractivity contribution is 6.01. The van der Waals surface area contributed by atoms with E-state index in [9.17, 15) is 24.5 Å². The Bertz CT molecular complexity index is 2770. The number of esters is 1. The van der Waals surface area contributed by atoms with Gasteiger partial charge < -0.3 is 29.6 Å². The molecule has 356 valence electrons. The van der Waals surface area contributed by atoms with E-state index in [1.165, 1.54) is 33.2 Å². The van der Waals surface area contributed by atoms with Crippen LogP contribution in [-0.2, 0) is 33.9 Å². The van der Waals surface area contributed by atoms with Crippen LogP contribution in [0.25, 0.3) is 11.1 Å². The fourth-order valence-electron chi connectivity index (χ4n) is 9.46. The number of hydrogen-bond donors (Lipinski definition) is 1. The minimum atomic E-state index is -1.00. The summed E-state index contributed by atoms with van der Waals surface area (Å²) in [6, 6.07) is 45.0. The lowest BCUT2D eigenvalue weighted by Gasteiger charge is -2.35. The van der Waals surface area contributed by atoms with Crippen molar-refractivity contribution in [3.05, 3.63) is 189 Å². The van der Waals surface area contributed by atoms with Crippen molar-refractivity contribution in [2.24, 2.45) is 5.73 Å². The van der Waals surface area contributed by atoms with Gasteiger partial charge in [-0.25, -0.2) is 0 Å². The quantitative estimate of drug-likeness (QED) is 0.0340. The molecule has 2 amide bonds. The number of carbonyl (C=O) groups excluding carboxylic acids is 3. The maximum atomic E-state index is 13.4. The molecule has 12 heteroatoms. The van der Waals surface area contributed by atoms with Crippen molar-refractivity contribution in [1.29, 1.82) is 0 Å². The Labute approximate surface area is 403 Å². The lowest BCUT2D eigenvalue weighted by molar-refractivity contribution is -0.385. The molecule has 0 spiro atoms. The first-order valence-corrected chi connectivity index (χ1v) is 23.8. The summed E-state index contributed by atoms with van der Waals surface area (Å²) in [6.45, 7) is 6.70. The molecule has 3 atom stereocenters. The van der Waals surface area contributed by atoms with Gasteiger partial charge in [-0.15, -0.1) is 0 Å². The molecule has 1 aliphatic heterocycles. The van der Waals surface area contributed by atoms with Gasteiger partial charge in [0.25, 0.3) is 5.91 Å². The largest absolute Gasteiger partial charge is 0.494 e. The molecule has 6 aromatic carbocycles. The van der Waals surface area contributed by atoms with Gasteiger partial charge in [-0.3, -0.25) is 24.5 Å². The van der Waals surface area contributed by atoms with E-state index in [4.69, 9.17) is 24.7 Å². The van der Waals surface area contributed by atoms with E-state index >= 15 is 0 Å². The molecule has 0 radical (unpaired) electrons. The minimum Gasteiger partial charge on any atom is -0.494 e. The van der Waals surface area contributed by atoms with E-state index in [2.05, 4.69) is 84.9 Å². The fraction of sp³-hybridized carbons (Fsp3) is 0.316. The predicted molar refractivity (Wildman–Crippen MR) is 264 cm³/mol. The molecule has 0 saturated carbocycles. The fourth-order valence-corrected chi connectivity index (χ4v) is 9.46. The summed E-state index contributed by atoms with van der Waals surface area (Å²) in [5, 5.41) is 12.0. The van der Waals surface area contributed by atoms with Crippen LogP contribution in [0.1, 0.15) is 115 Å². The molecule has 12 nitrogen and oxygen atoms in total. The smallest absolute Gasteiger partial charge is 0.310 e. The van der Waals surface area contributed by atoms with Crippen molar-refractivity contribution in [1.82, 2.24) is 4.90 Å². The van der Waals surface area contributed by atoms with Gasteiger partial charge >= 0.3 is 11.7 Å². The van der Waals surface area contributed by atoms with E-state index in [0.29, 0.717) is 42.2 Å². The van der Waals surface area contributed by atoms with Crippen LogP contribution in [0.5, 0.6) is 17.2 Å². The highest BCUT2D eigenvalue weighted by Gasteiger charge is 2.37. The molecule has 0 fully saturated rings. The monoisotopic (exact) mass is 929 g/mol. The Morgan fingerprint density at radius 3 is 2.14 bits per heavy atom. The van der Waals surface area contributed by atoms with Crippen molar-refractivity contribution in [2.45, 2.75) is 102 Å². The summed E-state index contributed by atoms with van der Waals surface area (Å²) < 4.78 is 23.8. The zero-order chi connectivity index (χ0) is 48.5. The molecule has 0 bridgehead atoms. The Hall–Kier alpha value is -7.47. The number of benzene rings is 6. The van der Waals surface area contributed by atoms with E-state index in [-0.39, 0.29) is 49.3 Å². The van der Waals surface area contributed by atoms with Crippen molar-refractivity contribution >= 4 is 23.5 Å². The second kappa shape index (κ2) is 21.7. The molecule has 8 rings (SSSR count). The third-order valence-corrected chi connectivity index (χ3v) is 12.8. The Morgan fingerprint density at radius 2 is 1.43 bits per heavy atom. The van der Waals surface area contributed by atoms with Crippen molar-refractivity contribution < 1.29 is 38.3 Å². The summed E-state index contributed by atoms with van der Waals surface area (Å²) in [5.41, 5.74) is 13.7. The van der Waals surface area contributed by atoms with E-state index < -0.39 is 28.4 Å². The third kappa shape index (κ3) is 12.0. The molecule has 0 saturated heterocycles. The van der Waals surface area contributed by atoms with Crippen LogP contribution in [0.2, 0.25) is 0 Å². The number of nitrogens with two attached hydrogens (primary N) is 1. The lowest BCUT2D eigenvalue weighted by atomic mass is 9.69. The minimum absolute atomic E-state index is 0.0301. The third-order valence-electron chi connectivity index (χ3n) is 12.8. The van der Waals surface area contributed by atoms with Gasteiger partial charge in [-0.2, -0.15) is 0 Å². The predicted octanol–water partition coefficient (Wildman–Crippen LogP) is 11.3. The topological polar surface area (TPSA) is 161 Å². The van der Waals surface area contributed by atoms with Crippen molar-refractivity contribution in [3.8, 4) is 28.4 Å². The first-order valence-electron chi connectivity index (χ1n) is 23.8. The van der Waals surface area contributed by atoms with Crippen molar-refractivity contribution in [3.63, 3.8) is 0 Å². The maximum Gasteiger partial charge on any atom is 0.310 e. The number of amides is 2. The summed E-state index contributed by atoms with van der Waals surface area (Å²) >= 11 is 0. The highest BCUT2D eigenvalue weighted by atomic mass is 16.6. The number of rotatable bonds is 20. The molecule has 69 heavy (non-hydrogen) atoms. The number of primary amides is 1. The number of nitrogens with zero attached hydrogens (tertiary/aromatic N) is 2. The van der Waals surface area contributed by atoms with Crippen LogP contribution < -0.4 is 19.9 Å². The van der Waals surface area contributed by atoms with Crippen LogP contribution in [0, 0.1) is 10.1 Å². The van der Waals surface area contributed by atoms with Gasteiger partial charge in [0, 0.05) is 30.5 Å². The molecule has 0 unspecified atom stereocenters. The summed E-state index contributed by atoms with van der Waals surface area (Å²) in [7, 11) is 0. The number of nitro benzene ring substituents is 1. The van der Waals surface area contributed by atoms with Crippen molar-refractivity contribution in [2.75, 3.05) is 13.2 Å². The van der Waals surface area contributed by atoms with Crippen LogP contribution in [0.15, 0.2) is 140 Å². The number of ether oxygens (including phenoxy) is 4. The normalized spacial score (nSPS) is 15.7. The number of aryl methyl sites for hydroxylation is 1. The van der Waals surface area contributed by atoms with Gasteiger partial charge in [-0.1, -0.05) is 84.9 Å². The summed E-state index contributed by atoms with van der Waals surface area (Å²) in [5.74, 6) is 0.790. The van der Waals surface area contributed by atoms with Crippen LogP contribution >= 0.6 is 0 Å². The Kier molecular flexibility index (Phi) is 15.1. The summed E-state index contributed by atoms with van der Waals surface area (Å²) in [6.07, 6.45) is 4.19. The Morgan fingerprint density at radius 1 is 0.754 bits per heavy atom. The van der Waals surface area contributed by atoms with Gasteiger partial charge in [0.1, 0.15) is 29.7 Å². The van der Waals surface area contributed by atoms with Crippen LogP contribution in [-0.4, -0.2) is 52.5 Å². The number of unbranched alkanes of at least 4 members (excludes halogenated alkanes) is 2. The molecule has 1 aliphatic carbocycles. The molecule has 2 N–H and O–H groups in total. The first-order chi connectivity index (χ1) is 33.3. The van der Waals surface area contributed by atoms with Crippen LogP contribution in [0.3, 0.4) is 0 Å². The second-order valence-corrected chi connectivity index (χ2v) is 18.8. The van der Waals surface area contributed by atoms with E-state index in [1.807, 2.05) is 24.3 Å². The molecule has 2 aliphatic rings. The average Bonchev–Trinajstić information content (AvgIpc) is 3.67. The van der Waals surface area contributed by atoms with E-state index in [1.54, 1.807) is 45.0 Å².